The summed E-state index contributed by atoms with van der Waals surface area (Å²) in [6, 6.07) is 5.75. The van der Waals surface area contributed by atoms with E-state index < -0.39 is 5.97 Å². The van der Waals surface area contributed by atoms with E-state index in [0.29, 0.717) is 22.9 Å². The van der Waals surface area contributed by atoms with Crippen molar-refractivity contribution in [1.29, 1.82) is 0 Å². The minimum atomic E-state index is -0.972. The van der Waals surface area contributed by atoms with E-state index in [1.165, 1.54) is 12.8 Å². The van der Waals surface area contributed by atoms with Crippen LogP contribution in [-0.2, 0) is 0 Å². The highest BCUT2D eigenvalue weighted by Gasteiger charge is 2.21. The highest BCUT2D eigenvalue weighted by molar-refractivity contribution is 9.10. The number of likely N-dealkylation sites (tertiary alicyclic amines) is 1. The van der Waals surface area contributed by atoms with Crippen molar-refractivity contribution in [2.75, 3.05) is 20.2 Å². The fourth-order valence-electron chi connectivity index (χ4n) is 2.48. The molecule has 0 amide bonds. The van der Waals surface area contributed by atoms with Gasteiger partial charge < -0.3 is 14.7 Å². The first kappa shape index (κ1) is 14.3. The maximum Gasteiger partial charge on any atom is 0.340 e. The van der Waals surface area contributed by atoms with Crippen molar-refractivity contribution in [1.82, 2.24) is 4.90 Å². The Kier molecular flexibility index (Phi) is 4.82. The lowest BCUT2D eigenvalue weighted by atomic mass is 10.1. The van der Waals surface area contributed by atoms with E-state index in [4.69, 9.17) is 4.74 Å². The van der Waals surface area contributed by atoms with Gasteiger partial charge >= 0.3 is 5.97 Å². The monoisotopic (exact) mass is 327 g/mol. The molecule has 0 aromatic heterocycles. The number of hydrogen-bond donors (Lipinski definition) is 1. The summed E-state index contributed by atoms with van der Waals surface area (Å²) in [4.78, 5) is 13.5. The Morgan fingerprint density at radius 1 is 1.58 bits per heavy atom. The van der Waals surface area contributed by atoms with Gasteiger partial charge in [-0.2, -0.15) is 0 Å². The highest BCUT2D eigenvalue weighted by Crippen LogP contribution is 2.27. The van der Waals surface area contributed by atoms with E-state index in [1.54, 1.807) is 18.2 Å². The van der Waals surface area contributed by atoms with Gasteiger partial charge in [-0.05, 0) is 60.9 Å². The molecule has 1 saturated heterocycles. The van der Waals surface area contributed by atoms with Gasteiger partial charge in [0.2, 0.25) is 0 Å². The number of halogens is 1. The molecule has 1 N–H and O–H groups in total. The molecule has 2 rings (SSSR count). The van der Waals surface area contributed by atoms with Crippen molar-refractivity contribution in [3.8, 4) is 5.75 Å². The number of carboxylic acid groups (broad SMARTS) is 1. The van der Waals surface area contributed by atoms with Crippen LogP contribution in [0.15, 0.2) is 22.7 Å². The molecule has 1 heterocycles. The number of hydrogen-bond acceptors (Lipinski definition) is 3. The lowest BCUT2D eigenvalue weighted by molar-refractivity contribution is 0.0691. The highest BCUT2D eigenvalue weighted by atomic mass is 79.9. The van der Waals surface area contributed by atoms with Crippen LogP contribution < -0.4 is 4.74 Å². The third kappa shape index (κ3) is 3.48. The second kappa shape index (κ2) is 6.39. The zero-order valence-corrected chi connectivity index (χ0v) is 12.5. The summed E-state index contributed by atoms with van der Waals surface area (Å²) >= 11 is 3.25. The van der Waals surface area contributed by atoms with Crippen LogP contribution in [0.1, 0.15) is 29.6 Å². The van der Waals surface area contributed by atoms with Gasteiger partial charge in [-0.1, -0.05) is 6.07 Å². The van der Waals surface area contributed by atoms with E-state index in [1.807, 2.05) is 0 Å². The van der Waals surface area contributed by atoms with Crippen molar-refractivity contribution in [2.45, 2.75) is 25.3 Å². The van der Waals surface area contributed by atoms with Crippen LogP contribution in [0.25, 0.3) is 0 Å². The Hall–Kier alpha value is -1.07. The Bertz CT molecular complexity index is 464. The zero-order chi connectivity index (χ0) is 13.8. The number of carbonyl (C=O) groups is 1. The van der Waals surface area contributed by atoms with Gasteiger partial charge in [-0.3, -0.25) is 0 Å². The molecule has 1 fully saturated rings. The van der Waals surface area contributed by atoms with Crippen LogP contribution in [-0.4, -0.2) is 42.2 Å². The standard InChI is InChI=1S/C14H18BrNO3/c1-16-8-3-4-10(16)7-9-19-12-6-2-5-11(15)13(12)14(17)18/h2,5-6,10H,3-4,7-9H2,1H3,(H,17,18). The van der Waals surface area contributed by atoms with E-state index in [-0.39, 0.29) is 5.56 Å². The fraction of sp³-hybridized carbons (Fsp3) is 0.500. The Balaban J connectivity index is 1.96. The van der Waals surface area contributed by atoms with Gasteiger partial charge in [-0.25, -0.2) is 4.79 Å². The molecule has 19 heavy (non-hydrogen) atoms. The van der Waals surface area contributed by atoms with E-state index in [0.717, 1.165) is 13.0 Å². The van der Waals surface area contributed by atoms with Crippen LogP contribution in [0, 0.1) is 0 Å². The summed E-state index contributed by atoms with van der Waals surface area (Å²) in [7, 11) is 2.12. The molecule has 1 aromatic carbocycles. The van der Waals surface area contributed by atoms with Gasteiger partial charge in [0.05, 0.1) is 6.61 Å². The molecule has 4 nitrogen and oxygen atoms in total. The molecule has 5 heteroatoms. The third-order valence-corrected chi connectivity index (χ3v) is 4.23. The number of benzene rings is 1. The fourth-order valence-corrected chi connectivity index (χ4v) is 3.00. The van der Waals surface area contributed by atoms with E-state index >= 15 is 0 Å². The van der Waals surface area contributed by atoms with Crippen molar-refractivity contribution in [3.63, 3.8) is 0 Å². The summed E-state index contributed by atoms with van der Waals surface area (Å²) in [6.07, 6.45) is 3.37. The molecule has 0 spiro atoms. The number of rotatable bonds is 5. The van der Waals surface area contributed by atoms with Gasteiger partial charge in [0.15, 0.2) is 0 Å². The lowest BCUT2D eigenvalue weighted by Crippen LogP contribution is -2.26. The Labute approximate surface area is 121 Å². The first-order chi connectivity index (χ1) is 9.09. The van der Waals surface area contributed by atoms with Crippen LogP contribution in [0.5, 0.6) is 5.75 Å². The van der Waals surface area contributed by atoms with Crippen molar-refractivity contribution in [3.05, 3.63) is 28.2 Å². The molecular formula is C14H18BrNO3. The maximum absolute atomic E-state index is 11.2. The first-order valence-electron chi connectivity index (χ1n) is 6.44. The minimum Gasteiger partial charge on any atom is -0.493 e. The number of carboxylic acids is 1. The van der Waals surface area contributed by atoms with E-state index in [9.17, 15) is 9.90 Å². The maximum atomic E-state index is 11.2. The molecule has 1 aliphatic heterocycles. The molecule has 1 unspecified atom stereocenters. The predicted octanol–water partition coefficient (Wildman–Crippen LogP) is 3.01. The lowest BCUT2D eigenvalue weighted by Gasteiger charge is -2.19. The Morgan fingerprint density at radius 3 is 3.00 bits per heavy atom. The van der Waals surface area contributed by atoms with Gasteiger partial charge in [-0.15, -0.1) is 0 Å². The molecule has 1 aromatic rings. The average molecular weight is 328 g/mol. The van der Waals surface area contributed by atoms with E-state index in [2.05, 4.69) is 27.9 Å². The topological polar surface area (TPSA) is 49.8 Å². The van der Waals surface area contributed by atoms with Crippen molar-refractivity contribution >= 4 is 21.9 Å². The van der Waals surface area contributed by atoms with Crippen LogP contribution in [0.2, 0.25) is 0 Å². The van der Waals surface area contributed by atoms with Crippen molar-refractivity contribution < 1.29 is 14.6 Å². The van der Waals surface area contributed by atoms with Crippen LogP contribution >= 0.6 is 15.9 Å². The SMILES string of the molecule is CN1CCCC1CCOc1cccc(Br)c1C(=O)O. The third-order valence-electron chi connectivity index (χ3n) is 3.57. The second-order valence-corrected chi connectivity index (χ2v) is 5.69. The van der Waals surface area contributed by atoms with Crippen LogP contribution in [0.3, 0.4) is 0 Å². The summed E-state index contributed by atoms with van der Waals surface area (Å²) in [5, 5.41) is 9.18. The summed E-state index contributed by atoms with van der Waals surface area (Å²) in [6.45, 7) is 1.69. The summed E-state index contributed by atoms with van der Waals surface area (Å²) in [5.41, 5.74) is 0.197. The molecular weight excluding hydrogens is 310 g/mol. The molecule has 0 aliphatic carbocycles. The Morgan fingerprint density at radius 2 is 2.37 bits per heavy atom. The molecule has 1 atom stereocenters. The molecule has 0 saturated carbocycles. The molecule has 1 aliphatic rings. The summed E-state index contributed by atoms with van der Waals surface area (Å²) < 4.78 is 6.20. The smallest absolute Gasteiger partial charge is 0.340 e. The van der Waals surface area contributed by atoms with Gasteiger partial charge in [0.25, 0.3) is 0 Å². The largest absolute Gasteiger partial charge is 0.493 e. The van der Waals surface area contributed by atoms with Gasteiger partial charge in [0, 0.05) is 10.5 Å². The number of nitrogens with zero attached hydrogens (tertiary/aromatic N) is 1. The number of ether oxygens (including phenoxy) is 1. The quantitative estimate of drug-likeness (QED) is 0.903. The van der Waals surface area contributed by atoms with Crippen LogP contribution in [0.4, 0.5) is 0 Å². The predicted molar refractivity (Wildman–Crippen MR) is 76.9 cm³/mol. The van der Waals surface area contributed by atoms with Crippen molar-refractivity contribution in [2.24, 2.45) is 0 Å². The zero-order valence-electron chi connectivity index (χ0n) is 10.9. The van der Waals surface area contributed by atoms with Gasteiger partial charge in [0.1, 0.15) is 11.3 Å². The summed E-state index contributed by atoms with van der Waals surface area (Å²) in [5.74, 6) is -0.539. The molecule has 0 radical (unpaired) electrons. The second-order valence-electron chi connectivity index (χ2n) is 4.83. The first-order valence-corrected chi connectivity index (χ1v) is 7.23. The molecule has 0 bridgehead atoms. The normalized spacial score (nSPS) is 19.6. The number of aromatic carboxylic acids is 1. The minimum absolute atomic E-state index is 0.197. The molecule has 104 valence electrons. The average Bonchev–Trinajstić information content (AvgIpc) is 2.75.